The molecule has 1 saturated heterocycles. The molecule has 6 nitrogen and oxygen atoms in total. The Kier molecular flexibility index (Phi) is 6.93. The molecule has 2 aromatic carbocycles. The van der Waals surface area contributed by atoms with E-state index in [1.165, 1.54) is 9.87 Å². The smallest absolute Gasteiger partial charge is 0.274 e. The summed E-state index contributed by atoms with van der Waals surface area (Å²) in [6.07, 6.45) is 0. The third-order valence-corrected chi connectivity index (χ3v) is 8.76. The van der Waals surface area contributed by atoms with Crippen LogP contribution in [0.15, 0.2) is 76.3 Å². The lowest BCUT2D eigenvalue weighted by molar-refractivity contribution is -0.131. The second-order valence-electron chi connectivity index (χ2n) is 7.92. The molecule has 1 aliphatic rings. The lowest BCUT2D eigenvalue weighted by atomic mass is 10.2. The van der Waals surface area contributed by atoms with Gasteiger partial charge in [0.15, 0.2) is 0 Å². The molecule has 8 heteroatoms. The zero-order valence-electron chi connectivity index (χ0n) is 18.1. The first-order valence-corrected chi connectivity index (χ1v) is 12.9. The van der Waals surface area contributed by atoms with Gasteiger partial charge in [-0.15, -0.1) is 11.3 Å². The molecule has 1 aromatic heterocycles. The number of aryl methyl sites for hydroxylation is 1. The number of amides is 1. The summed E-state index contributed by atoms with van der Waals surface area (Å²) in [6, 6.07) is 20.8. The minimum atomic E-state index is -3.81. The summed E-state index contributed by atoms with van der Waals surface area (Å²) in [5.41, 5.74) is 2.78. The van der Waals surface area contributed by atoms with E-state index in [-0.39, 0.29) is 16.7 Å². The number of piperazine rings is 1. The van der Waals surface area contributed by atoms with Crippen molar-refractivity contribution in [3.63, 3.8) is 0 Å². The van der Waals surface area contributed by atoms with Crippen molar-refractivity contribution < 1.29 is 13.2 Å². The largest absolute Gasteiger partial charge is 0.339 e. The van der Waals surface area contributed by atoms with Gasteiger partial charge in [0.2, 0.25) is 5.91 Å². The topological polar surface area (TPSA) is 60.9 Å². The van der Waals surface area contributed by atoms with Crippen molar-refractivity contribution in [3.8, 4) is 0 Å². The molecule has 0 saturated carbocycles. The zero-order valence-corrected chi connectivity index (χ0v) is 19.7. The first-order valence-electron chi connectivity index (χ1n) is 10.6. The third kappa shape index (κ3) is 5.20. The molecule has 4 rings (SSSR count). The minimum Gasteiger partial charge on any atom is -0.339 e. The van der Waals surface area contributed by atoms with Gasteiger partial charge in [-0.1, -0.05) is 54.1 Å². The van der Waals surface area contributed by atoms with E-state index in [0.717, 1.165) is 36.5 Å². The Balaban J connectivity index is 1.45. The molecule has 168 valence electrons. The highest BCUT2D eigenvalue weighted by atomic mass is 32.2. The van der Waals surface area contributed by atoms with E-state index >= 15 is 0 Å². The lowest BCUT2D eigenvalue weighted by Crippen LogP contribution is -2.51. The minimum absolute atomic E-state index is 0.176. The van der Waals surface area contributed by atoms with Crippen molar-refractivity contribution in [2.75, 3.05) is 37.0 Å². The van der Waals surface area contributed by atoms with E-state index in [4.69, 9.17) is 0 Å². The molecule has 1 aliphatic heterocycles. The molecule has 1 amide bonds. The molecule has 2 heterocycles. The second-order valence-corrected chi connectivity index (χ2v) is 11.0. The Hall–Kier alpha value is -2.68. The predicted molar refractivity (Wildman–Crippen MR) is 128 cm³/mol. The molecule has 0 spiro atoms. The number of hydrogen-bond acceptors (Lipinski definition) is 5. The summed E-state index contributed by atoms with van der Waals surface area (Å²) in [5.74, 6) is -0.176. The summed E-state index contributed by atoms with van der Waals surface area (Å²) >= 11 is 1.16. The number of thiophene rings is 1. The molecule has 0 unspecified atom stereocenters. The fourth-order valence-electron chi connectivity index (χ4n) is 3.76. The molecule has 0 radical (unpaired) electrons. The summed E-state index contributed by atoms with van der Waals surface area (Å²) < 4.78 is 28.1. The van der Waals surface area contributed by atoms with Crippen molar-refractivity contribution >= 4 is 33.0 Å². The van der Waals surface area contributed by atoms with Gasteiger partial charge >= 0.3 is 0 Å². The third-order valence-electron chi connectivity index (χ3n) is 5.61. The van der Waals surface area contributed by atoms with E-state index < -0.39 is 10.0 Å². The highest BCUT2D eigenvalue weighted by molar-refractivity contribution is 7.94. The normalized spacial score (nSPS) is 15.0. The van der Waals surface area contributed by atoms with Crippen LogP contribution in [0.4, 0.5) is 5.69 Å². The van der Waals surface area contributed by atoms with Crippen molar-refractivity contribution in [1.82, 2.24) is 9.80 Å². The first kappa shape index (κ1) is 22.5. The van der Waals surface area contributed by atoms with Crippen LogP contribution in [0.1, 0.15) is 11.1 Å². The lowest BCUT2D eigenvalue weighted by Gasteiger charge is -2.36. The fraction of sp³-hybridized carbons (Fsp3) is 0.292. The van der Waals surface area contributed by atoms with E-state index in [1.54, 1.807) is 34.5 Å². The van der Waals surface area contributed by atoms with Crippen LogP contribution >= 0.6 is 11.3 Å². The molecule has 0 aliphatic carbocycles. The second kappa shape index (κ2) is 9.85. The highest BCUT2D eigenvalue weighted by Crippen LogP contribution is 2.27. The van der Waals surface area contributed by atoms with Gasteiger partial charge in [-0.2, -0.15) is 0 Å². The van der Waals surface area contributed by atoms with Gasteiger partial charge in [0.1, 0.15) is 10.8 Å². The van der Waals surface area contributed by atoms with Crippen LogP contribution in [0.25, 0.3) is 0 Å². The van der Waals surface area contributed by atoms with E-state index in [1.807, 2.05) is 37.3 Å². The molecule has 0 bridgehead atoms. The Bertz CT molecular complexity index is 1120. The van der Waals surface area contributed by atoms with Gasteiger partial charge in [-0.3, -0.25) is 14.0 Å². The maximum absolute atomic E-state index is 13.3. The van der Waals surface area contributed by atoms with E-state index in [9.17, 15) is 13.2 Å². The summed E-state index contributed by atoms with van der Waals surface area (Å²) in [7, 11) is -3.81. The van der Waals surface area contributed by atoms with E-state index in [2.05, 4.69) is 17.0 Å². The first-order chi connectivity index (χ1) is 15.4. The van der Waals surface area contributed by atoms with Crippen molar-refractivity contribution in [2.45, 2.75) is 17.7 Å². The molecule has 3 aromatic rings. The summed E-state index contributed by atoms with van der Waals surface area (Å²) in [4.78, 5) is 17.2. The SMILES string of the molecule is Cc1ccc(N(CC(=O)N2CCN(Cc3ccccc3)CC2)S(=O)(=O)c2cccs2)cc1. The molecule has 1 fully saturated rings. The van der Waals surface area contributed by atoms with Crippen LogP contribution in [-0.2, 0) is 21.4 Å². The van der Waals surface area contributed by atoms with Gasteiger partial charge < -0.3 is 4.90 Å². The Morgan fingerprint density at radius 1 is 0.938 bits per heavy atom. The summed E-state index contributed by atoms with van der Waals surface area (Å²) in [6.45, 7) is 5.31. The molecule has 32 heavy (non-hydrogen) atoms. The molecular weight excluding hydrogens is 442 g/mol. The predicted octanol–water partition coefficient (Wildman–Crippen LogP) is 3.60. The van der Waals surface area contributed by atoms with Gasteiger partial charge in [0, 0.05) is 32.7 Å². The number of carbonyl (C=O) groups is 1. The number of hydrogen-bond donors (Lipinski definition) is 0. The molecular formula is C24H27N3O3S2. The quantitative estimate of drug-likeness (QED) is 0.531. The van der Waals surface area contributed by atoms with Crippen LogP contribution in [0.2, 0.25) is 0 Å². The number of anilines is 1. The van der Waals surface area contributed by atoms with Gasteiger partial charge in [0.05, 0.1) is 5.69 Å². The average molecular weight is 470 g/mol. The zero-order chi connectivity index (χ0) is 22.6. The van der Waals surface area contributed by atoms with Crippen LogP contribution < -0.4 is 4.31 Å². The molecule has 0 atom stereocenters. The van der Waals surface area contributed by atoms with Crippen LogP contribution in [-0.4, -0.2) is 56.8 Å². The Morgan fingerprint density at radius 3 is 2.25 bits per heavy atom. The number of benzene rings is 2. The van der Waals surface area contributed by atoms with Crippen molar-refractivity contribution in [1.29, 1.82) is 0 Å². The van der Waals surface area contributed by atoms with Gasteiger partial charge in [0.25, 0.3) is 10.0 Å². The monoisotopic (exact) mass is 469 g/mol. The van der Waals surface area contributed by atoms with Crippen LogP contribution in [0, 0.1) is 6.92 Å². The average Bonchev–Trinajstić information content (AvgIpc) is 3.35. The Labute approximate surface area is 193 Å². The Morgan fingerprint density at radius 2 is 1.62 bits per heavy atom. The number of carbonyl (C=O) groups excluding carboxylic acids is 1. The highest BCUT2D eigenvalue weighted by Gasteiger charge is 2.30. The van der Waals surface area contributed by atoms with Crippen LogP contribution in [0.3, 0.4) is 0 Å². The van der Waals surface area contributed by atoms with Crippen LogP contribution in [0.5, 0.6) is 0 Å². The number of sulfonamides is 1. The van der Waals surface area contributed by atoms with Crippen molar-refractivity contribution in [3.05, 3.63) is 83.2 Å². The molecule has 0 N–H and O–H groups in total. The number of nitrogens with zero attached hydrogens (tertiary/aromatic N) is 3. The maximum Gasteiger partial charge on any atom is 0.274 e. The summed E-state index contributed by atoms with van der Waals surface area (Å²) in [5, 5.41) is 1.73. The standard InChI is InChI=1S/C24H27N3O3S2/c1-20-9-11-22(12-10-20)27(32(29,30)24-8-5-17-31-24)19-23(28)26-15-13-25(14-16-26)18-21-6-3-2-4-7-21/h2-12,17H,13-16,18-19H2,1H3. The van der Waals surface area contributed by atoms with Gasteiger partial charge in [-0.05, 0) is 36.1 Å². The van der Waals surface area contributed by atoms with Crippen molar-refractivity contribution in [2.24, 2.45) is 0 Å². The van der Waals surface area contributed by atoms with E-state index in [0.29, 0.717) is 18.8 Å². The number of rotatable bonds is 7. The van der Waals surface area contributed by atoms with Gasteiger partial charge in [-0.25, -0.2) is 8.42 Å². The maximum atomic E-state index is 13.3. The fourth-order valence-corrected chi connectivity index (χ4v) is 6.28.